The molecule has 0 fully saturated rings. The Balaban J connectivity index is 2.47. The van der Waals surface area contributed by atoms with E-state index in [0.717, 1.165) is 16.6 Å². The number of imidazole rings is 1. The van der Waals surface area contributed by atoms with Crippen molar-refractivity contribution in [2.24, 2.45) is 7.05 Å². The third-order valence-electron chi connectivity index (χ3n) is 2.51. The zero-order valence-electron chi connectivity index (χ0n) is 9.23. The van der Waals surface area contributed by atoms with Crippen LogP contribution in [0.25, 0.3) is 16.6 Å². The van der Waals surface area contributed by atoms with Gasteiger partial charge in [-0.1, -0.05) is 12.6 Å². The fraction of sp³-hybridized carbons (Fsp3) is 0.167. The summed E-state index contributed by atoms with van der Waals surface area (Å²) in [6, 6.07) is 5.57. The highest BCUT2D eigenvalue weighted by Crippen LogP contribution is 2.19. The van der Waals surface area contributed by atoms with Gasteiger partial charge >= 0.3 is 5.97 Å². The van der Waals surface area contributed by atoms with Gasteiger partial charge in [-0.05, 0) is 17.7 Å². The minimum Gasteiger partial charge on any atom is -0.465 e. The Morgan fingerprint density at radius 2 is 2.25 bits per heavy atom. The van der Waals surface area contributed by atoms with Crippen LogP contribution in [0.1, 0.15) is 5.56 Å². The van der Waals surface area contributed by atoms with E-state index in [9.17, 15) is 4.79 Å². The maximum Gasteiger partial charge on any atom is 0.337 e. The smallest absolute Gasteiger partial charge is 0.337 e. The summed E-state index contributed by atoms with van der Waals surface area (Å²) >= 11 is 0. The summed E-state index contributed by atoms with van der Waals surface area (Å²) in [5.41, 5.74) is 2.93. The van der Waals surface area contributed by atoms with E-state index in [1.807, 2.05) is 29.8 Å². The lowest BCUT2D eigenvalue weighted by molar-refractivity contribution is -0.133. The summed E-state index contributed by atoms with van der Waals surface area (Å²) in [7, 11) is 3.26. The Morgan fingerprint density at radius 1 is 1.50 bits per heavy atom. The van der Waals surface area contributed by atoms with E-state index in [1.165, 1.54) is 7.11 Å². The number of hydrogen-bond donors (Lipinski definition) is 0. The molecule has 0 N–H and O–H groups in total. The van der Waals surface area contributed by atoms with E-state index in [4.69, 9.17) is 0 Å². The van der Waals surface area contributed by atoms with Gasteiger partial charge in [0.25, 0.3) is 0 Å². The van der Waals surface area contributed by atoms with Gasteiger partial charge in [0.1, 0.15) is 0 Å². The molecule has 0 amide bonds. The van der Waals surface area contributed by atoms with Crippen LogP contribution in [0.5, 0.6) is 0 Å². The second kappa shape index (κ2) is 3.81. The molecule has 0 saturated carbocycles. The summed E-state index contributed by atoms with van der Waals surface area (Å²) in [5.74, 6) is -0.421. The third-order valence-corrected chi connectivity index (χ3v) is 2.51. The van der Waals surface area contributed by atoms with Gasteiger partial charge in [-0.25, -0.2) is 9.78 Å². The van der Waals surface area contributed by atoms with Gasteiger partial charge in [-0.2, -0.15) is 0 Å². The van der Waals surface area contributed by atoms with Gasteiger partial charge in [-0.3, -0.25) is 0 Å². The molecule has 1 heterocycles. The predicted molar refractivity (Wildman–Crippen MR) is 61.8 cm³/mol. The van der Waals surface area contributed by atoms with E-state index < -0.39 is 5.97 Å². The zero-order valence-corrected chi connectivity index (χ0v) is 9.23. The number of hydrogen-bond acceptors (Lipinski definition) is 3. The van der Waals surface area contributed by atoms with E-state index >= 15 is 0 Å². The number of benzene rings is 1. The van der Waals surface area contributed by atoms with E-state index in [0.29, 0.717) is 5.57 Å². The van der Waals surface area contributed by atoms with Crippen molar-refractivity contribution in [3.05, 3.63) is 36.7 Å². The molecule has 1 aromatic carbocycles. The SMILES string of the molecule is C=C(C(=O)OC)c1ccc2c(c1)ncn2C. The number of rotatable bonds is 2. The molecule has 4 heteroatoms. The molecule has 2 aromatic rings. The van der Waals surface area contributed by atoms with Crippen LogP contribution < -0.4 is 0 Å². The van der Waals surface area contributed by atoms with Gasteiger partial charge in [0, 0.05) is 7.05 Å². The molecule has 0 radical (unpaired) electrons. The number of carbonyl (C=O) groups is 1. The minimum atomic E-state index is -0.421. The summed E-state index contributed by atoms with van der Waals surface area (Å²) in [4.78, 5) is 15.5. The first-order valence-electron chi connectivity index (χ1n) is 4.82. The Hall–Kier alpha value is -2.10. The lowest BCUT2D eigenvalue weighted by Crippen LogP contribution is -2.02. The second-order valence-electron chi connectivity index (χ2n) is 3.53. The molecular weight excluding hydrogens is 204 g/mol. The van der Waals surface area contributed by atoms with Crippen LogP contribution in [0.4, 0.5) is 0 Å². The highest BCUT2D eigenvalue weighted by atomic mass is 16.5. The van der Waals surface area contributed by atoms with Crippen molar-refractivity contribution in [2.45, 2.75) is 0 Å². The molecule has 0 aliphatic carbocycles. The van der Waals surface area contributed by atoms with Crippen molar-refractivity contribution in [1.29, 1.82) is 0 Å². The summed E-state index contributed by atoms with van der Waals surface area (Å²) in [5, 5.41) is 0. The van der Waals surface area contributed by atoms with Crippen LogP contribution in [0, 0.1) is 0 Å². The molecule has 0 spiro atoms. The van der Waals surface area contributed by atoms with Crippen molar-refractivity contribution in [1.82, 2.24) is 9.55 Å². The highest BCUT2D eigenvalue weighted by Gasteiger charge is 2.10. The van der Waals surface area contributed by atoms with Gasteiger partial charge < -0.3 is 9.30 Å². The second-order valence-corrected chi connectivity index (χ2v) is 3.53. The Kier molecular flexibility index (Phi) is 2.48. The molecule has 0 unspecified atom stereocenters. The number of ether oxygens (including phenoxy) is 1. The summed E-state index contributed by atoms with van der Waals surface area (Å²) < 4.78 is 6.54. The number of aryl methyl sites for hydroxylation is 1. The molecule has 2 rings (SSSR count). The van der Waals surface area contributed by atoms with Crippen molar-refractivity contribution >= 4 is 22.6 Å². The van der Waals surface area contributed by atoms with E-state index in [-0.39, 0.29) is 0 Å². The first-order chi connectivity index (χ1) is 7.63. The molecule has 4 nitrogen and oxygen atoms in total. The van der Waals surface area contributed by atoms with Crippen LogP contribution in [-0.2, 0) is 16.6 Å². The molecule has 0 aliphatic rings. The number of aromatic nitrogens is 2. The topological polar surface area (TPSA) is 44.1 Å². The number of esters is 1. The Labute approximate surface area is 93.2 Å². The molecule has 0 atom stereocenters. The van der Waals surface area contributed by atoms with E-state index in [1.54, 1.807) is 6.33 Å². The predicted octanol–water partition coefficient (Wildman–Crippen LogP) is 1.76. The van der Waals surface area contributed by atoms with E-state index in [2.05, 4.69) is 16.3 Å². The monoisotopic (exact) mass is 216 g/mol. The van der Waals surface area contributed by atoms with Crippen LogP contribution in [-0.4, -0.2) is 22.6 Å². The molecule has 0 bridgehead atoms. The standard InChI is InChI=1S/C12H12N2O2/c1-8(12(15)16-3)9-4-5-11-10(6-9)13-7-14(11)2/h4-7H,1H2,2-3H3. The third kappa shape index (κ3) is 1.58. The van der Waals surface area contributed by atoms with Crippen LogP contribution in [0.15, 0.2) is 31.1 Å². The lowest BCUT2D eigenvalue weighted by Gasteiger charge is -2.03. The number of nitrogens with zero attached hydrogens (tertiary/aromatic N) is 2. The lowest BCUT2D eigenvalue weighted by atomic mass is 10.1. The zero-order chi connectivity index (χ0) is 11.7. The largest absolute Gasteiger partial charge is 0.465 e. The molecule has 1 aromatic heterocycles. The maximum atomic E-state index is 11.3. The molecule has 0 saturated heterocycles. The average molecular weight is 216 g/mol. The summed E-state index contributed by atoms with van der Waals surface area (Å²) in [6.45, 7) is 3.70. The number of methoxy groups -OCH3 is 1. The van der Waals surface area contributed by atoms with Gasteiger partial charge in [0.15, 0.2) is 0 Å². The molecule has 82 valence electrons. The normalized spacial score (nSPS) is 10.4. The van der Waals surface area contributed by atoms with Crippen molar-refractivity contribution in [3.8, 4) is 0 Å². The first kappa shape index (κ1) is 10.4. The molecular formula is C12H12N2O2. The fourth-order valence-electron chi connectivity index (χ4n) is 1.56. The Morgan fingerprint density at radius 3 is 2.94 bits per heavy atom. The van der Waals surface area contributed by atoms with Gasteiger partial charge in [0.2, 0.25) is 0 Å². The molecule has 0 aliphatic heterocycles. The van der Waals surface area contributed by atoms with Crippen molar-refractivity contribution in [3.63, 3.8) is 0 Å². The quantitative estimate of drug-likeness (QED) is 0.567. The molecule has 16 heavy (non-hydrogen) atoms. The van der Waals surface area contributed by atoms with Crippen molar-refractivity contribution in [2.75, 3.05) is 7.11 Å². The fourth-order valence-corrected chi connectivity index (χ4v) is 1.56. The first-order valence-corrected chi connectivity index (χ1v) is 4.82. The number of fused-ring (bicyclic) bond motifs is 1. The highest BCUT2D eigenvalue weighted by molar-refractivity contribution is 6.16. The minimum absolute atomic E-state index is 0.343. The maximum absolute atomic E-state index is 11.3. The Bertz CT molecular complexity index is 569. The van der Waals surface area contributed by atoms with Crippen molar-refractivity contribution < 1.29 is 9.53 Å². The van der Waals surface area contributed by atoms with Gasteiger partial charge in [-0.15, -0.1) is 0 Å². The average Bonchev–Trinajstić information content (AvgIpc) is 2.68. The summed E-state index contributed by atoms with van der Waals surface area (Å²) in [6.07, 6.45) is 1.73. The van der Waals surface area contributed by atoms with Crippen LogP contribution >= 0.6 is 0 Å². The number of carbonyl (C=O) groups excluding carboxylic acids is 1. The van der Waals surface area contributed by atoms with Gasteiger partial charge in [0.05, 0.1) is 30.0 Å². The van der Waals surface area contributed by atoms with Crippen LogP contribution in [0.3, 0.4) is 0 Å². The van der Waals surface area contributed by atoms with Crippen LogP contribution in [0.2, 0.25) is 0 Å².